The van der Waals surface area contributed by atoms with Gasteiger partial charge in [0.25, 0.3) is 5.56 Å². The number of fused-ring (bicyclic) bond motifs is 1. The smallest absolute Gasteiger partial charge is 0.261 e. The summed E-state index contributed by atoms with van der Waals surface area (Å²) >= 11 is 5.93. The molecule has 1 N–H and O–H groups in total. The number of halogens is 1. The molecule has 1 heterocycles. The normalized spacial score (nSPS) is 12.9. The average molecular weight is 239 g/mol. The maximum absolute atomic E-state index is 12.0. The minimum atomic E-state index is -0.289. The standard InChI is InChI=1S/C11H11ClN2O2/c1-7(5-15)14-6-13-10-8(11(14)16)3-2-4-9(10)12/h2-4,6-7,15H,5H2,1H3/t7-/m1/s1. The van der Waals surface area contributed by atoms with Gasteiger partial charge in [-0.25, -0.2) is 4.98 Å². The van der Waals surface area contributed by atoms with Gasteiger partial charge in [0.05, 0.1) is 34.9 Å². The molecule has 0 aliphatic heterocycles. The quantitative estimate of drug-likeness (QED) is 0.865. The molecule has 16 heavy (non-hydrogen) atoms. The summed E-state index contributed by atoms with van der Waals surface area (Å²) in [6.07, 6.45) is 1.41. The third-order valence-electron chi connectivity index (χ3n) is 2.50. The van der Waals surface area contributed by atoms with Crippen LogP contribution in [-0.2, 0) is 0 Å². The summed E-state index contributed by atoms with van der Waals surface area (Å²) in [6, 6.07) is 4.79. The van der Waals surface area contributed by atoms with Gasteiger partial charge in [0.1, 0.15) is 0 Å². The molecular formula is C11H11ClN2O2. The molecule has 2 rings (SSSR count). The molecule has 0 aliphatic carbocycles. The number of aromatic nitrogens is 2. The molecule has 0 saturated carbocycles. The van der Waals surface area contributed by atoms with E-state index >= 15 is 0 Å². The number of aliphatic hydroxyl groups excluding tert-OH is 1. The first kappa shape index (κ1) is 11.1. The zero-order valence-electron chi connectivity index (χ0n) is 8.72. The number of aliphatic hydroxyl groups is 1. The van der Waals surface area contributed by atoms with Crippen LogP contribution in [0.2, 0.25) is 5.02 Å². The predicted molar refractivity (Wildman–Crippen MR) is 62.8 cm³/mol. The van der Waals surface area contributed by atoms with Crippen molar-refractivity contribution in [3.8, 4) is 0 Å². The topological polar surface area (TPSA) is 55.1 Å². The molecule has 1 atom stereocenters. The van der Waals surface area contributed by atoms with Crippen molar-refractivity contribution >= 4 is 22.5 Å². The molecule has 0 saturated heterocycles. The van der Waals surface area contributed by atoms with E-state index in [2.05, 4.69) is 4.98 Å². The van der Waals surface area contributed by atoms with Crippen molar-refractivity contribution in [2.24, 2.45) is 0 Å². The Morgan fingerprint density at radius 1 is 1.56 bits per heavy atom. The summed E-state index contributed by atoms with van der Waals surface area (Å²) in [4.78, 5) is 16.2. The van der Waals surface area contributed by atoms with Crippen molar-refractivity contribution in [2.75, 3.05) is 6.61 Å². The highest BCUT2D eigenvalue weighted by molar-refractivity contribution is 6.34. The van der Waals surface area contributed by atoms with Crippen LogP contribution in [0.25, 0.3) is 10.9 Å². The van der Waals surface area contributed by atoms with Crippen LogP contribution < -0.4 is 5.56 Å². The Labute approximate surface area is 97.1 Å². The van der Waals surface area contributed by atoms with Crippen LogP contribution in [0.15, 0.2) is 29.3 Å². The van der Waals surface area contributed by atoms with Crippen molar-refractivity contribution in [3.63, 3.8) is 0 Å². The maximum Gasteiger partial charge on any atom is 0.261 e. The molecule has 0 aliphatic rings. The van der Waals surface area contributed by atoms with Crippen LogP contribution in [0.5, 0.6) is 0 Å². The SMILES string of the molecule is C[C@H](CO)n1cnc2c(Cl)cccc2c1=O. The van der Waals surface area contributed by atoms with E-state index in [1.54, 1.807) is 25.1 Å². The van der Waals surface area contributed by atoms with E-state index < -0.39 is 0 Å². The van der Waals surface area contributed by atoms with E-state index in [1.165, 1.54) is 10.9 Å². The number of nitrogens with zero attached hydrogens (tertiary/aromatic N) is 2. The van der Waals surface area contributed by atoms with Crippen LogP contribution in [0.1, 0.15) is 13.0 Å². The van der Waals surface area contributed by atoms with Crippen molar-refractivity contribution in [2.45, 2.75) is 13.0 Å². The van der Waals surface area contributed by atoms with Crippen molar-refractivity contribution in [1.82, 2.24) is 9.55 Å². The zero-order chi connectivity index (χ0) is 11.7. The first-order chi connectivity index (χ1) is 7.65. The summed E-state index contributed by atoms with van der Waals surface area (Å²) in [7, 11) is 0. The van der Waals surface area contributed by atoms with Crippen molar-refractivity contribution in [1.29, 1.82) is 0 Å². The van der Waals surface area contributed by atoms with Crippen LogP contribution >= 0.6 is 11.6 Å². The van der Waals surface area contributed by atoms with Crippen LogP contribution in [0.3, 0.4) is 0 Å². The summed E-state index contributed by atoms with van der Waals surface area (Å²) in [5.74, 6) is 0. The molecule has 0 spiro atoms. The fourth-order valence-corrected chi connectivity index (χ4v) is 1.76. The number of rotatable bonds is 2. The van der Waals surface area contributed by atoms with Gasteiger partial charge in [-0.1, -0.05) is 17.7 Å². The van der Waals surface area contributed by atoms with Crippen molar-refractivity contribution < 1.29 is 5.11 Å². The lowest BCUT2D eigenvalue weighted by atomic mass is 10.2. The Balaban J connectivity index is 2.76. The molecule has 0 unspecified atom stereocenters. The molecule has 0 bridgehead atoms. The van der Waals surface area contributed by atoms with Gasteiger partial charge >= 0.3 is 0 Å². The fourth-order valence-electron chi connectivity index (χ4n) is 1.53. The lowest BCUT2D eigenvalue weighted by Crippen LogP contribution is -2.25. The number of para-hydroxylation sites is 1. The first-order valence-electron chi connectivity index (χ1n) is 4.91. The number of hydrogen-bond acceptors (Lipinski definition) is 3. The molecule has 4 nitrogen and oxygen atoms in total. The lowest BCUT2D eigenvalue weighted by molar-refractivity contribution is 0.236. The third kappa shape index (κ3) is 1.70. The Hall–Kier alpha value is -1.39. The maximum atomic E-state index is 12.0. The van der Waals surface area contributed by atoms with Gasteiger partial charge in [0, 0.05) is 0 Å². The van der Waals surface area contributed by atoms with Gasteiger partial charge in [-0.15, -0.1) is 0 Å². The second-order valence-electron chi connectivity index (χ2n) is 3.62. The minimum Gasteiger partial charge on any atom is -0.394 e. The average Bonchev–Trinajstić information content (AvgIpc) is 2.30. The Bertz CT molecular complexity index is 580. The molecular weight excluding hydrogens is 228 g/mol. The molecule has 0 fully saturated rings. The van der Waals surface area contributed by atoms with Gasteiger partial charge < -0.3 is 5.11 Å². The van der Waals surface area contributed by atoms with E-state index in [0.717, 1.165) is 0 Å². The van der Waals surface area contributed by atoms with E-state index in [-0.39, 0.29) is 18.2 Å². The highest BCUT2D eigenvalue weighted by Gasteiger charge is 2.10. The fraction of sp³-hybridized carbons (Fsp3) is 0.273. The Morgan fingerprint density at radius 3 is 3.00 bits per heavy atom. The summed E-state index contributed by atoms with van der Waals surface area (Å²) in [5.41, 5.74) is 0.310. The Morgan fingerprint density at radius 2 is 2.31 bits per heavy atom. The number of hydrogen-bond donors (Lipinski definition) is 1. The molecule has 1 aromatic heterocycles. The zero-order valence-corrected chi connectivity index (χ0v) is 9.48. The van der Waals surface area contributed by atoms with Gasteiger partial charge in [-0.2, -0.15) is 0 Å². The monoisotopic (exact) mass is 238 g/mol. The highest BCUT2D eigenvalue weighted by Crippen LogP contribution is 2.18. The van der Waals surface area contributed by atoms with E-state index in [1.807, 2.05) is 0 Å². The van der Waals surface area contributed by atoms with E-state index in [0.29, 0.717) is 15.9 Å². The molecule has 2 aromatic rings. The summed E-state index contributed by atoms with van der Waals surface area (Å²) < 4.78 is 1.40. The highest BCUT2D eigenvalue weighted by atomic mass is 35.5. The number of benzene rings is 1. The van der Waals surface area contributed by atoms with Crippen LogP contribution in [0.4, 0.5) is 0 Å². The molecule has 0 radical (unpaired) electrons. The van der Waals surface area contributed by atoms with Crippen LogP contribution in [-0.4, -0.2) is 21.3 Å². The third-order valence-corrected chi connectivity index (χ3v) is 2.81. The van der Waals surface area contributed by atoms with Gasteiger partial charge in [-0.05, 0) is 19.1 Å². The van der Waals surface area contributed by atoms with Crippen molar-refractivity contribution in [3.05, 3.63) is 39.9 Å². The summed E-state index contributed by atoms with van der Waals surface area (Å²) in [5, 5.41) is 9.95. The predicted octanol–water partition coefficient (Wildman–Crippen LogP) is 1.60. The Kier molecular flexibility index (Phi) is 2.94. The van der Waals surface area contributed by atoms with E-state index in [4.69, 9.17) is 16.7 Å². The summed E-state index contributed by atoms with van der Waals surface area (Å²) in [6.45, 7) is 1.65. The first-order valence-corrected chi connectivity index (χ1v) is 5.29. The van der Waals surface area contributed by atoms with Gasteiger partial charge in [0.15, 0.2) is 0 Å². The minimum absolute atomic E-state index is 0.104. The molecule has 5 heteroatoms. The molecule has 0 amide bonds. The molecule has 1 aromatic carbocycles. The van der Waals surface area contributed by atoms with E-state index in [9.17, 15) is 4.79 Å². The molecule has 84 valence electrons. The second kappa shape index (κ2) is 4.23. The lowest BCUT2D eigenvalue weighted by Gasteiger charge is -2.12. The van der Waals surface area contributed by atoms with Crippen LogP contribution in [0, 0.1) is 0 Å². The second-order valence-corrected chi connectivity index (χ2v) is 4.03. The largest absolute Gasteiger partial charge is 0.394 e. The van der Waals surface area contributed by atoms with Gasteiger partial charge in [0.2, 0.25) is 0 Å². The van der Waals surface area contributed by atoms with Gasteiger partial charge in [-0.3, -0.25) is 9.36 Å².